The van der Waals surface area contributed by atoms with Crippen molar-refractivity contribution < 1.29 is 28.4 Å². The molecular weight excluding hydrogens is 380 g/mol. The number of alkyl halides is 2. The Labute approximate surface area is 156 Å². The van der Waals surface area contributed by atoms with Crippen molar-refractivity contribution in [1.82, 2.24) is 14.7 Å². The highest BCUT2D eigenvalue weighted by Gasteiger charge is 2.47. The molecule has 2 heterocycles. The first-order chi connectivity index (χ1) is 13.0. The molecule has 1 aromatic heterocycles. The molecule has 148 valence electrons. The number of hydrogen-bond donors (Lipinski definition) is 2. The molecule has 12 heteroatoms. The predicted octanol–water partition coefficient (Wildman–Crippen LogP) is 3.17. The number of rotatable bonds is 4. The van der Waals surface area contributed by atoms with Gasteiger partial charge in [-0.1, -0.05) is 0 Å². The van der Waals surface area contributed by atoms with Gasteiger partial charge in [0, 0.05) is 23.3 Å². The van der Waals surface area contributed by atoms with E-state index in [9.17, 15) is 33.6 Å². The summed E-state index contributed by atoms with van der Waals surface area (Å²) < 4.78 is 27.3. The smallest absolute Gasteiger partial charge is 0.408 e. The number of non-ortho nitro benzene ring substituents is 1. The van der Waals surface area contributed by atoms with Crippen LogP contribution in [0.15, 0.2) is 24.3 Å². The number of hydrogen-bond acceptors (Lipinski definition) is 5. The lowest BCUT2D eigenvalue weighted by Crippen LogP contribution is -2.40. The third-order valence-electron chi connectivity index (χ3n) is 4.57. The lowest BCUT2D eigenvalue weighted by atomic mass is 10.0. The molecule has 0 fully saturated rings. The van der Waals surface area contributed by atoms with Gasteiger partial charge in [0.1, 0.15) is 0 Å². The molecular formula is C16H15F2N5O5. The maximum Gasteiger partial charge on any atom is 0.408 e. The molecule has 1 aromatic carbocycles. The first-order valence-electron chi connectivity index (χ1n) is 8.00. The van der Waals surface area contributed by atoms with Gasteiger partial charge in [0.2, 0.25) is 0 Å². The van der Waals surface area contributed by atoms with E-state index in [1.54, 1.807) is 0 Å². The number of carbonyl (C=O) groups is 2. The lowest BCUT2D eigenvalue weighted by Gasteiger charge is -2.30. The van der Waals surface area contributed by atoms with Gasteiger partial charge in [-0.2, -0.15) is 8.78 Å². The van der Waals surface area contributed by atoms with E-state index in [-0.39, 0.29) is 34.9 Å². The van der Waals surface area contributed by atoms with Crippen LogP contribution in [0.1, 0.15) is 42.0 Å². The third kappa shape index (κ3) is 3.02. The van der Waals surface area contributed by atoms with Crippen molar-refractivity contribution in [3.8, 4) is 0 Å². The van der Waals surface area contributed by atoms with Crippen molar-refractivity contribution >= 4 is 23.5 Å². The number of amides is 2. The second-order valence-corrected chi connectivity index (χ2v) is 6.58. The molecule has 0 radical (unpaired) electrons. The first-order valence-corrected chi connectivity index (χ1v) is 8.00. The van der Waals surface area contributed by atoms with Crippen molar-refractivity contribution in [1.29, 1.82) is 0 Å². The van der Waals surface area contributed by atoms with Crippen LogP contribution in [0.3, 0.4) is 0 Å². The maximum atomic E-state index is 13.4. The summed E-state index contributed by atoms with van der Waals surface area (Å²) >= 11 is 0. The van der Waals surface area contributed by atoms with E-state index in [0.717, 1.165) is 17.0 Å². The van der Waals surface area contributed by atoms with E-state index in [2.05, 4.69) is 10.4 Å². The lowest BCUT2D eigenvalue weighted by molar-refractivity contribution is -0.384. The van der Waals surface area contributed by atoms with Crippen LogP contribution in [0.5, 0.6) is 0 Å². The molecule has 2 amide bonds. The van der Waals surface area contributed by atoms with E-state index < -0.39 is 29.0 Å². The maximum absolute atomic E-state index is 13.4. The van der Waals surface area contributed by atoms with E-state index >= 15 is 0 Å². The molecule has 0 saturated heterocycles. The zero-order valence-corrected chi connectivity index (χ0v) is 14.7. The Kier molecular flexibility index (Phi) is 4.49. The number of benzene rings is 1. The number of nitrogens with one attached hydrogen (secondary N) is 1. The molecule has 2 N–H and O–H groups in total. The van der Waals surface area contributed by atoms with Crippen LogP contribution < -0.4 is 5.32 Å². The van der Waals surface area contributed by atoms with Crippen molar-refractivity contribution in [3.63, 3.8) is 0 Å². The van der Waals surface area contributed by atoms with Gasteiger partial charge in [0.05, 0.1) is 22.7 Å². The van der Waals surface area contributed by atoms with Crippen LogP contribution in [0.2, 0.25) is 0 Å². The molecule has 1 aliphatic rings. The molecule has 0 spiro atoms. The molecule has 3 rings (SSSR count). The van der Waals surface area contributed by atoms with Gasteiger partial charge in [-0.3, -0.25) is 19.8 Å². The quantitative estimate of drug-likeness (QED) is 0.604. The van der Waals surface area contributed by atoms with Crippen molar-refractivity contribution in [3.05, 3.63) is 51.2 Å². The average Bonchev–Trinajstić information content (AvgIpc) is 3.11. The Morgan fingerprint density at radius 1 is 1.32 bits per heavy atom. The summed E-state index contributed by atoms with van der Waals surface area (Å²) in [7, 11) is 0. The first kappa shape index (κ1) is 19.2. The normalized spacial score (nSPS) is 14.8. The average molecular weight is 395 g/mol. The molecule has 1 aliphatic heterocycles. The number of halogens is 2. The monoisotopic (exact) mass is 395 g/mol. The number of nitrogens with zero attached hydrogens (tertiary/aromatic N) is 4. The van der Waals surface area contributed by atoms with Crippen molar-refractivity contribution in [2.45, 2.75) is 32.5 Å². The fourth-order valence-corrected chi connectivity index (χ4v) is 3.21. The van der Waals surface area contributed by atoms with Crippen LogP contribution >= 0.6 is 0 Å². The van der Waals surface area contributed by atoms with E-state index in [4.69, 9.17) is 0 Å². The number of nitro benzene ring substituents is 1. The van der Waals surface area contributed by atoms with E-state index in [0.29, 0.717) is 4.68 Å². The SMILES string of the molecule is CC1(C)c2c(c(NC(=O)c3ccc([N+](=O)[O-])cc3)nn2C(F)F)CN1C(=O)O. The highest BCUT2D eigenvalue weighted by molar-refractivity contribution is 6.04. The fourth-order valence-electron chi connectivity index (χ4n) is 3.21. The highest BCUT2D eigenvalue weighted by Crippen LogP contribution is 2.43. The Balaban J connectivity index is 1.96. The second-order valence-electron chi connectivity index (χ2n) is 6.58. The zero-order chi connectivity index (χ0) is 20.8. The third-order valence-corrected chi connectivity index (χ3v) is 4.57. The molecule has 2 aromatic rings. The molecule has 0 bridgehead atoms. The largest absolute Gasteiger partial charge is 0.465 e. The van der Waals surface area contributed by atoms with Crippen LogP contribution in [0.4, 0.5) is 25.1 Å². The zero-order valence-electron chi connectivity index (χ0n) is 14.7. The van der Waals surface area contributed by atoms with Gasteiger partial charge in [0.25, 0.3) is 11.6 Å². The second kappa shape index (κ2) is 6.55. The van der Waals surface area contributed by atoms with E-state index in [1.165, 1.54) is 26.0 Å². The Morgan fingerprint density at radius 2 is 1.93 bits per heavy atom. The molecule has 28 heavy (non-hydrogen) atoms. The van der Waals surface area contributed by atoms with Gasteiger partial charge >= 0.3 is 12.6 Å². The van der Waals surface area contributed by atoms with E-state index in [1.807, 2.05) is 0 Å². The summed E-state index contributed by atoms with van der Waals surface area (Å²) in [6.45, 7) is -0.322. The number of anilines is 1. The summed E-state index contributed by atoms with van der Waals surface area (Å²) in [5, 5.41) is 26.2. The topological polar surface area (TPSA) is 131 Å². The van der Waals surface area contributed by atoms with Gasteiger partial charge in [-0.05, 0) is 26.0 Å². The molecule has 0 unspecified atom stereocenters. The van der Waals surface area contributed by atoms with Crippen LogP contribution in [-0.2, 0) is 12.1 Å². The number of carbonyl (C=O) groups excluding carboxylic acids is 1. The van der Waals surface area contributed by atoms with Gasteiger partial charge in [-0.15, -0.1) is 5.10 Å². The summed E-state index contributed by atoms with van der Waals surface area (Å²) in [4.78, 5) is 34.9. The Morgan fingerprint density at radius 3 is 2.43 bits per heavy atom. The Bertz CT molecular complexity index is 971. The van der Waals surface area contributed by atoms with Gasteiger partial charge < -0.3 is 10.4 Å². The van der Waals surface area contributed by atoms with Gasteiger partial charge in [-0.25, -0.2) is 9.48 Å². The van der Waals surface area contributed by atoms with Gasteiger partial charge in [0.15, 0.2) is 5.82 Å². The molecule has 0 saturated carbocycles. The molecule has 0 atom stereocenters. The van der Waals surface area contributed by atoms with Crippen molar-refractivity contribution in [2.75, 3.05) is 5.32 Å². The molecule has 0 aliphatic carbocycles. The summed E-state index contributed by atoms with van der Waals surface area (Å²) in [6.07, 6.45) is -1.30. The minimum Gasteiger partial charge on any atom is -0.465 e. The number of carboxylic acid groups (broad SMARTS) is 1. The predicted molar refractivity (Wildman–Crippen MR) is 91.1 cm³/mol. The minimum atomic E-state index is -3.04. The number of aromatic nitrogens is 2. The van der Waals surface area contributed by atoms with Crippen LogP contribution in [-0.4, -0.2) is 36.7 Å². The summed E-state index contributed by atoms with van der Waals surface area (Å²) in [5.41, 5.74) is -1.27. The summed E-state index contributed by atoms with van der Waals surface area (Å²) in [5.74, 6) is -0.904. The fraction of sp³-hybridized carbons (Fsp3) is 0.312. The standard InChI is InChI=1S/C16H15F2N5O5/c1-16(2)11-10(7-21(16)15(25)26)12(20-22(11)14(17)18)19-13(24)8-3-5-9(6-4-8)23(27)28/h3-6,14H,7H2,1-2H3,(H,25,26)(H,19,20,24). The Hall–Kier alpha value is -3.57. The number of fused-ring (bicyclic) bond motifs is 1. The van der Waals surface area contributed by atoms with Crippen molar-refractivity contribution in [2.24, 2.45) is 0 Å². The van der Waals surface area contributed by atoms with Crippen LogP contribution in [0.25, 0.3) is 0 Å². The molecule has 10 nitrogen and oxygen atoms in total. The highest BCUT2D eigenvalue weighted by atomic mass is 19.3. The minimum absolute atomic E-state index is 0.0103. The van der Waals surface area contributed by atoms with Crippen LogP contribution in [0, 0.1) is 10.1 Å². The number of nitro groups is 1. The summed E-state index contributed by atoms with van der Waals surface area (Å²) in [6, 6.07) is 4.69.